The van der Waals surface area contributed by atoms with Crippen LogP contribution in [0.4, 0.5) is 5.69 Å². The van der Waals surface area contributed by atoms with Crippen molar-refractivity contribution >= 4 is 42.7 Å². The summed E-state index contributed by atoms with van der Waals surface area (Å²) in [5, 5.41) is 6.52. The average Bonchev–Trinajstić information content (AvgIpc) is 3.40. The van der Waals surface area contributed by atoms with E-state index < -0.39 is 15.8 Å². The predicted molar refractivity (Wildman–Crippen MR) is 169 cm³/mol. The van der Waals surface area contributed by atoms with Crippen LogP contribution >= 0.6 is 15.8 Å². The van der Waals surface area contributed by atoms with Crippen molar-refractivity contribution in [1.29, 1.82) is 0 Å². The van der Waals surface area contributed by atoms with E-state index in [2.05, 4.69) is 163 Å². The fourth-order valence-corrected chi connectivity index (χ4v) is 11.2. The second-order valence-electron chi connectivity index (χ2n) is 9.17. The van der Waals surface area contributed by atoms with Crippen molar-refractivity contribution in [3.8, 4) is 0 Å². The van der Waals surface area contributed by atoms with Crippen molar-refractivity contribution in [2.24, 2.45) is 0 Å². The summed E-state index contributed by atoms with van der Waals surface area (Å²) in [7, 11) is -1.89. The van der Waals surface area contributed by atoms with Crippen molar-refractivity contribution < 1.29 is 4.74 Å². The molecule has 0 spiro atoms. The van der Waals surface area contributed by atoms with Gasteiger partial charge in [0.1, 0.15) is 6.61 Å². The van der Waals surface area contributed by atoms with Crippen molar-refractivity contribution in [1.82, 2.24) is 0 Å². The number of nitrogens with zero attached hydrogens (tertiary/aromatic N) is 1. The van der Waals surface area contributed by atoms with Crippen LogP contribution in [0, 0.1) is 0 Å². The molecule has 1 aliphatic heterocycles. The first-order valence-corrected chi connectivity index (χ1v) is 15.7. The van der Waals surface area contributed by atoms with Gasteiger partial charge in [-0.2, -0.15) is 0 Å². The molecule has 0 aromatic heterocycles. The minimum atomic E-state index is -0.947. The molecular formula is C35H29NOP2. The fraction of sp³-hybridized carbons (Fsp3) is 0.0286. The van der Waals surface area contributed by atoms with E-state index >= 15 is 0 Å². The van der Waals surface area contributed by atoms with E-state index in [0.717, 1.165) is 17.3 Å². The Morgan fingerprint density at radius 1 is 0.513 bits per heavy atom. The Morgan fingerprint density at radius 3 is 1.21 bits per heavy atom. The lowest BCUT2D eigenvalue weighted by atomic mass is 10.3. The predicted octanol–water partition coefficient (Wildman–Crippen LogP) is 7.43. The van der Waals surface area contributed by atoms with Gasteiger partial charge >= 0.3 is 0 Å². The van der Waals surface area contributed by atoms with E-state index in [1.807, 2.05) is 0 Å². The summed E-state index contributed by atoms with van der Waals surface area (Å²) < 4.78 is 6.68. The molecule has 1 aliphatic rings. The molecule has 39 heavy (non-hydrogen) atoms. The van der Waals surface area contributed by atoms with Gasteiger partial charge in [0, 0.05) is 5.69 Å². The Morgan fingerprint density at radius 2 is 0.846 bits per heavy atom. The molecule has 2 nitrogen and oxygen atoms in total. The maximum Gasteiger partial charge on any atom is 0.208 e. The van der Waals surface area contributed by atoms with Crippen LogP contribution in [0.25, 0.3) is 0 Å². The van der Waals surface area contributed by atoms with Crippen molar-refractivity contribution in [2.75, 3.05) is 11.5 Å². The smallest absolute Gasteiger partial charge is 0.208 e. The van der Waals surface area contributed by atoms with Gasteiger partial charge in [-0.05, 0) is 49.2 Å². The van der Waals surface area contributed by atoms with Crippen molar-refractivity contribution in [2.45, 2.75) is 0 Å². The largest absolute Gasteiger partial charge is 0.472 e. The fourth-order valence-electron chi connectivity index (χ4n) is 4.85. The molecule has 190 valence electrons. The third-order valence-electron chi connectivity index (χ3n) is 6.58. The second kappa shape index (κ2) is 11.8. The summed E-state index contributed by atoms with van der Waals surface area (Å²) >= 11 is 0. The van der Waals surface area contributed by atoms with Crippen LogP contribution in [0.3, 0.4) is 0 Å². The highest BCUT2D eigenvalue weighted by Crippen LogP contribution is 2.62. The molecule has 0 amide bonds. The molecule has 0 radical (unpaired) electrons. The van der Waals surface area contributed by atoms with E-state index in [1.54, 1.807) is 0 Å². The first-order valence-electron chi connectivity index (χ1n) is 13.0. The molecule has 0 unspecified atom stereocenters. The van der Waals surface area contributed by atoms with Gasteiger partial charge in [0.2, 0.25) is 5.88 Å². The lowest BCUT2D eigenvalue weighted by Gasteiger charge is -2.32. The van der Waals surface area contributed by atoms with Crippen LogP contribution in [0.1, 0.15) is 0 Å². The first kappa shape index (κ1) is 25.3. The van der Waals surface area contributed by atoms with E-state index in [4.69, 9.17) is 4.74 Å². The molecule has 1 heterocycles. The molecule has 0 atom stereocenters. The summed E-state index contributed by atoms with van der Waals surface area (Å²) in [5.41, 5.74) is 2.01. The van der Waals surface area contributed by atoms with E-state index in [0.29, 0.717) is 6.61 Å². The maximum atomic E-state index is 6.68. The second-order valence-corrected chi connectivity index (χ2v) is 13.8. The molecule has 6 rings (SSSR count). The molecule has 0 saturated carbocycles. The highest BCUT2D eigenvalue weighted by atomic mass is 31.2. The average molecular weight is 542 g/mol. The summed E-state index contributed by atoms with van der Waals surface area (Å²) in [6, 6.07) is 54.1. The van der Waals surface area contributed by atoms with Gasteiger partial charge < -0.3 is 4.74 Å². The quantitative estimate of drug-likeness (QED) is 0.199. The summed E-state index contributed by atoms with van der Waals surface area (Å²) in [4.78, 5) is 2.23. The summed E-state index contributed by atoms with van der Waals surface area (Å²) in [6.45, 7) is 4.90. The van der Waals surface area contributed by atoms with Crippen LogP contribution in [0.5, 0.6) is 0 Å². The topological polar surface area (TPSA) is 12.5 Å². The van der Waals surface area contributed by atoms with Gasteiger partial charge in [0.05, 0.1) is 10.8 Å². The monoisotopic (exact) mass is 541 g/mol. The number of ether oxygens (including phenoxy) is 1. The number of anilines is 1. The van der Waals surface area contributed by atoms with E-state index in [1.165, 1.54) is 26.3 Å². The molecule has 4 heteroatoms. The van der Waals surface area contributed by atoms with E-state index in [-0.39, 0.29) is 0 Å². The molecule has 0 bridgehead atoms. The molecule has 0 aliphatic carbocycles. The minimum Gasteiger partial charge on any atom is -0.472 e. The van der Waals surface area contributed by atoms with Crippen molar-refractivity contribution in [3.63, 3.8) is 0 Å². The van der Waals surface area contributed by atoms with Crippen LogP contribution in [0.15, 0.2) is 175 Å². The zero-order valence-corrected chi connectivity index (χ0v) is 23.4. The third kappa shape index (κ3) is 5.32. The highest BCUT2D eigenvalue weighted by Gasteiger charge is 2.37. The van der Waals surface area contributed by atoms with Gasteiger partial charge in [0.15, 0.2) is 0 Å². The number of rotatable bonds is 7. The van der Waals surface area contributed by atoms with E-state index in [9.17, 15) is 0 Å². The van der Waals surface area contributed by atoms with Gasteiger partial charge in [-0.1, -0.05) is 146 Å². The minimum absolute atomic E-state index is 0.466. The third-order valence-corrected chi connectivity index (χ3v) is 12.3. The van der Waals surface area contributed by atoms with Crippen LogP contribution < -0.4 is 26.1 Å². The number of para-hydroxylation sites is 1. The molecule has 0 N–H and O–H groups in total. The Balaban J connectivity index is 1.70. The lowest BCUT2D eigenvalue weighted by molar-refractivity contribution is 0.275. The molecule has 1 fully saturated rings. The van der Waals surface area contributed by atoms with Crippen LogP contribution in [0.2, 0.25) is 0 Å². The molecular weight excluding hydrogens is 512 g/mol. The van der Waals surface area contributed by atoms with Gasteiger partial charge in [-0.15, -0.1) is 0 Å². The Bertz CT molecular complexity index is 1390. The van der Waals surface area contributed by atoms with Gasteiger partial charge in [-0.25, -0.2) is 0 Å². The number of hydrogen-bond acceptors (Lipinski definition) is 2. The zero-order valence-electron chi connectivity index (χ0n) is 21.6. The molecule has 5 aromatic rings. The highest BCUT2D eigenvalue weighted by molar-refractivity contribution is 7.94. The maximum absolute atomic E-state index is 6.68. The lowest BCUT2D eigenvalue weighted by Crippen LogP contribution is -2.24. The van der Waals surface area contributed by atoms with Gasteiger partial charge in [-0.3, -0.25) is 4.90 Å². The van der Waals surface area contributed by atoms with Crippen molar-refractivity contribution in [3.05, 3.63) is 175 Å². The van der Waals surface area contributed by atoms with Gasteiger partial charge in [0.25, 0.3) is 0 Å². The van der Waals surface area contributed by atoms with Crippen LogP contribution in [-0.4, -0.2) is 6.61 Å². The van der Waals surface area contributed by atoms with Crippen LogP contribution in [-0.2, 0) is 4.74 Å². The summed E-state index contributed by atoms with van der Waals surface area (Å²) in [5.74, 6) is 0.906. The molecule has 1 saturated heterocycles. The molecule has 5 aromatic carbocycles. The Labute approximate surface area is 233 Å². The number of benzene rings is 5. The standard InChI is InChI=1S/C35H29NOP2/c1-28-27-37-34(36(28)29-17-7-2-8-18-29)35(38(30-19-9-3-10-20-30)31-21-11-4-12-22-31)39(32-23-13-5-14-24-32)33-25-15-6-16-26-33/h2-26H,1,27H2. The Kier molecular flexibility index (Phi) is 7.68. The first-order chi connectivity index (χ1) is 19.3. The normalized spacial score (nSPS) is 13.1. The Hall–Kier alpha value is -3.96. The SMILES string of the molecule is C=C1COC(=C(P(c2ccccc2)c2ccccc2)P(c2ccccc2)c2ccccc2)N1c1ccccc1. The summed E-state index contributed by atoms with van der Waals surface area (Å²) in [6.07, 6.45) is 0. The number of hydrogen-bond donors (Lipinski definition) is 0. The zero-order chi connectivity index (χ0) is 26.4.